The largest absolute Gasteiger partial charge is 0.481 e. The highest BCUT2D eigenvalue weighted by Crippen LogP contribution is 2.28. The van der Waals surface area contributed by atoms with Gasteiger partial charge in [0.25, 0.3) is 6.43 Å². The van der Waals surface area contributed by atoms with E-state index in [-0.39, 0.29) is 29.1 Å². The highest BCUT2D eigenvalue weighted by molar-refractivity contribution is 6.32. The fourth-order valence-electron chi connectivity index (χ4n) is 1.26. The zero-order valence-electron chi connectivity index (χ0n) is 8.08. The number of halogens is 3. The number of aliphatic carboxylic acids is 1. The van der Waals surface area contributed by atoms with Crippen LogP contribution in [-0.4, -0.2) is 16.1 Å². The second-order valence-corrected chi connectivity index (χ2v) is 3.41. The van der Waals surface area contributed by atoms with Crippen LogP contribution >= 0.6 is 11.6 Å². The van der Waals surface area contributed by atoms with Gasteiger partial charge in [0, 0.05) is 23.9 Å². The Morgan fingerprint density at radius 1 is 1.62 bits per heavy atom. The van der Waals surface area contributed by atoms with Gasteiger partial charge in [-0.25, -0.2) is 8.78 Å². The summed E-state index contributed by atoms with van der Waals surface area (Å²) < 4.78 is 25.0. The Morgan fingerprint density at radius 2 is 2.25 bits per heavy atom. The van der Waals surface area contributed by atoms with Gasteiger partial charge in [-0.1, -0.05) is 11.6 Å². The standard InChI is InChI=1S/C9H9ClF2N2O2/c10-7-4(1-6(15)16)3-14-8(9(11)12)5(7)2-13/h3,9H,1-2,13H2,(H,15,16). The predicted molar refractivity (Wildman–Crippen MR) is 53.4 cm³/mol. The van der Waals surface area contributed by atoms with E-state index in [1.165, 1.54) is 0 Å². The van der Waals surface area contributed by atoms with E-state index >= 15 is 0 Å². The van der Waals surface area contributed by atoms with Crippen LogP contribution in [0.15, 0.2) is 6.20 Å². The molecular formula is C9H9ClF2N2O2. The molecule has 0 aliphatic heterocycles. The summed E-state index contributed by atoms with van der Waals surface area (Å²) in [5, 5.41) is 8.52. The van der Waals surface area contributed by atoms with Crippen LogP contribution in [0, 0.1) is 0 Å². The third-order valence-corrected chi connectivity index (χ3v) is 2.44. The van der Waals surface area contributed by atoms with Crippen LogP contribution in [0.5, 0.6) is 0 Å². The van der Waals surface area contributed by atoms with Gasteiger partial charge in [0.15, 0.2) is 0 Å². The molecular weight excluding hydrogens is 242 g/mol. The zero-order chi connectivity index (χ0) is 12.3. The summed E-state index contributed by atoms with van der Waals surface area (Å²) in [6, 6.07) is 0. The highest BCUT2D eigenvalue weighted by Gasteiger charge is 2.19. The number of nitrogens with zero attached hydrogens (tertiary/aromatic N) is 1. The smallest absolute Gasteiger partial charge is 0.307 e. The molecule has 1 rings (SSSR count). The molecule has 0 aliphatic rings. The minimum Gasteiger partial charge on any atom is -0.481 e. The molecule has 1 aromatic rings. The number of carbonyl (C=O) groups is 1. The lowest BCUT2D eigenvalue weighted by Gasteiger charge is -2.10. The van der Waals surface area contributed by atoms with Gasteiger partial charge in [0.2, 0.25) is 0 Å². The van der Waals surface area contributed by atoms with Gasteiger partial charge in [-0.2, -0.15) is 0 Å². The van der Waals surface area contributed by atoms with Crippen molar-refractivity contribution in [2.75, 3.05) is 0 Å². The highest BCUT2D eigenvalue weighted by atomic mass is 35.5. The van der Waals surface area contributed by atoms with Crippen molar-refractivity contribution in [3.05, 3.63) is 28.0 Å². The summed E-state index contributed by atoms with van der Waals surface area (Å²) in [5.41, 5.74) is 4.96. The van der Waals surface area contributed by atoms with Crippen molar-refractivity contribution >= 4 is 17.6 Å². The maximum absolute atomic E-state index is 12.5. The summed E-state index contributed by atoms with van der Waals surface area (Å²) in [5.74, 6) is -1.11. The Balaban J connectivity index is 3.23. The van der Waals surface area contributed by atoms with Gasteiger partial charge in [-0.05, 0) is 0 Å². The molecule has 0 aromatic carbocycles. The molecule has 0 fully saturated rings. The second-order valence-electron chi connectivity index (χ2n) is 3.04. The van der Waals surface area contributed by atoms with Gasteiger partial charge < -0.3 is 10.8 Å². The molecule has 0 spiro atoms. The van der Waals surface area contributed by atoms with E-state index < -0.39 is 18.1 Å². The fraction of sp³-hybridized carbons (Fsp3) is 0.333. The van der Waals surface area contributed by atoms with E-state index in [9.17, 15) is 13.6 Å². The number of hydrogen-bond acceptors (Lipinski definition) is 3. The van der Waals surface area contributed by atoms with Crippen LogP contribution in [0.2, 0.25) is 5.02 Å². The molecule has 3 N–H and O–H groups in total. The molecule has 0 unspecified atom stereocenters. The molecule has 7 heteroatoms. The van der Waals surface area contributed by atoms with Gasteiger partial charge in [-0.3, -0.25) is 9.78 Å². The van der Waals surface area contributed by atoms with Crippen LogP contribution in [-0.2, 0) is 17.8 Å². The first-order chi connectivity index (χ1) is 7.47. The van der Waals surface area contributed by atoms with Crippen LogP contribution < -0.4 is 5.73 Å². The number of pyridine rings is 1. The van der Waals surface area contributed by atoms with E-state index in [0.29, 0.717) is 0 Å². The molecule has 0 saturated heterocycles. The lowest BCUT2D eigenvalue weighted by atomic mass is 10.1. The Hall–Kier alpha value is -1.27. The number of alkyl halides is 2. The molecule has 0 atom stereocenters. The first kappa shape index (κ1) is 12.8. The van der Waals surface area contributed by atoms with E-state index in [0.717, 1.165) is 6.20 Å². The monoisotopic (exact) mass is 250 g/mol. The van der Waals surface area contributed by atoms with Gasteiger partial charge >= 0.3 is 5.97 Å². The summed E-state index contributed by atoms with van der Waals surface area (Å²) in [4.78, 5) is 14.0. The normalized spacial score (nSPS) is 10.8. The molecule has 4 nitrogen and oxygen atoms in total. The number of rotatable bonds is 4. The molecule has 0 saturated carbocycles. The summed E-state index contributed by atoms with van der Waals surface area (Å²) >= 11 is 5.79. The molecule has 88 valence electrons. The van der Waals surface area contributed by atoms with Crippen molar-refractivity contribution < 1.29 is 18.7 Å². The maximum Gasteiger partial charge on any atom is 0.307 e. The van der Waals surface area contributed by atoms with Crippen molar-refractivity contribution in [2.45, 2.75) is 19.4 Å². The Labute approximate surface area is 95.0 Å². The Bertz CT molecular complexity index is 413. The van der Waals surface area contributed by atoms with Crippen molar-refractivity contribution in [3.8, 4) is 0 Å². The topological polar surface area (TPSA) is 76.2 Å². The number of hydrogen-bond donors (Lipinski definition) is 2. The van der Waals surface area contributed by atoms with E-state index in [4.69, 9.17) is 22.4 Å². The predicted octanol–water partition coefficient (Wildman–Crippen LogP) is 1.76. The van der Waals surface area contributed by atoms with Crippen LogP contribution in [0.4, 0.5) is 8.78 Å². The second kappa shape index (κ2) is 5.18. The first-order valence-corrected chi connectivity index (χ1v) is 4.71. The van der Waals surface area contributed by atoms with Gasteiger partial charge in [-0.15, -0.1) is 0 Å². The van der Waals surface area contributed by atoms with Crippen molar-refractivity contribution in [2.24, 2.45) is 5.73 Å². The van der Waals surface area contributed by atoms with E-state index in [1.807, 2.05) is 0 Å². The van der Waals surface area contributed by atoms with Crippen LogP contribution in [0.25, 0.3) is 0 Å². The number of carboxylic acid groups (broad SMARTS) is 1. The maximum atomic E-state index is 12.5. The van der Waals surface area contributed by atoms with E-state index in [2.05, 4.69) is 4.98 Å². The average Bonchev–Trinajstić information content (AvgIpc) is 2.19. The van der Waals surface area contributed by atoms with Crippen molar-refractivity contribution in [3.63, 3.8) is 0 Å². The third-order valence-electron chi connectivity index (χ3n) is 1.97. The molecule has 1 aromatic heterocycles. The SMILES string of the molecule is NCc1c(C(F)F)ncc(CC(=O)O)c1Cl. The van der Waals surface area contributed by atoms with Gasteiger partial charge in [0.05, 0.1) is 11.4 Å². The number of aromatic nitrogens is 1. The fourth-order valence-corrected chi connectivity index (χ4v) is 1.55. The average molecular weight is 251 g/mol. The van der Waals surface area contributed by atoms with Crippen molar-refractivity contribution in [1.29, 1.82) is 0 Å². The van der Waals surface area contributed by atoms with Crippen LogP contribution in [0.3, 0.4) is 0 Å². The molecule has 0 bridgehead atoms. The number of carboxylic acids is 1. The Morgan fingerprint density at radius 3 is 2.69 bits per heavy atom. The molecule has 1 heterocycles. The Kier molecular flexibility index (Phi) is 4.14. The van der Waals surface area contributed by atoms with Gasteiger partial charge in [0.1, 0.15) is 5.69 Å². The third kappa shape index (κ3) is 2.65. The number of nitrogens with two attached hydrogens (primary N) is 1. The van der Waals surface area contributed by atoms with E-state index in [1.54, 1.807) is 0 Å². The minimum atomic E-state index is -2.78. The van der Waals surface area contributed by atoms with Crippen LogP contribution in [0.1, 0.15) is 23.2 Å². The molecule has 0 amide bonds. The minimum absolute atomic E-state index is 0.00424. The lowest BCUT2D eigenvalue weighted by Crippen LogP contribution is -2.09. The summed E-state index contributed by atoms with van der Waals surface area (Å²) in [7, 11) is 0. The molecule has 16 heavy (non-hydrogen) atoms. The molecule has 0 radical (unpaired) electrons. The summed E-state index contributed by atoms with van der Waals surface area (Å²) in [6.45, 7) is -0.209. The quantitative estimate of drug-likeness (QED) is 0.854. The van der Waals surface area contributed by atoms with Crippen molar-refractivity contribution in [1.82, 2.24) is 4.98 Å². The zero-order valence-corrected chi connectivity index (χ0v) is 8.84. The first-order valence-electron chi connectivity index (χ1n) is 4.33. The molecule has 0 aliphatic carbocycles. The summed E-state index contributed by atoms with van der Waals surface area (Å²) in [6.07, 6.45) is -2.12. The lowest BCUT2D eigenvalue weighted by molar-refractivity contribution is -0.136.